The molecule has 0 saturated heterocycles. The molecule has 0 aromatic heterocycles. The molecule has 0 atom stereocenters. The highest BCUT2D eigenvalue weighted by Crippen LogP contribution is 2.37. The topological polar surface area (TPSA) is 58.6 Å². The molecule has 30 heavy (non-hydrogen) atoms. The summed E-state index contributed by atoms with van der Waals surface area (Å²) in [6.07, 6.45) is 0. The Balaban J connectivity index is 1.83. The number of nitrogens with zero attached hydrogens (tertiary/aromatic N) is 1. The molecule has 0 fully saturated rings. The van der Waals surface area contributed by atoms with Gasteiger partial charge in [0.25, 0.3) is 11.8 Å². The molecule has 0 radical (unpaired) electrons. The van der Waals surface area contributed by atoms with Gasteiger partial charge in [-0.1, -0.05) is 48.5 Å². The van der Waals surface area contributed by atoms with Crippen LogP contribution in [-0.4, -0.2) is 18.4 Å². The highest BCUT2D eigenvalue weighted by molar-refractivity contribution is 6.46. The zero-order chi connectivity index (χ0) is 21.1. The molecule has 1 heterocycles. The third-order valence-corrected chi connectivity index (χ3v) is 4.65. The van der Waals surface area contributed by atoms with Crippen molar-refractivity contribution in [3.8, 4) is 5.75 Å². The van der Waals surface area contributed by atoms with E-state index in [1.54, 1.807) is 54.6 Å². The Kier molecular flexibility index (Phi) is 5.30. The van der Waals surface area contributed by atoms with Crippen LogP contribution in [0.1, 0.15) is 12.5 Å². The van der Waals surface area contributed by atoms with E-state index in [1.807, 2.05) is 13.0 Å². The van der Waals surface area contributed by atoms with Crippen molar-refractivity contribution in [2.24, 2.45) is 0 Å². The van der Waals surface area contributed by atoms with Crippen LogP contribution in [0, 0.1) is 5.82 Å². The molecule has 0 aliphatic carbocycles. The summed E-state index contributed by atoms with van der Waals surface area (Å²) < 4.78 is 19.3. The van der Waals surface area contributed by atoms with Gasteiger partial charge >= 0.3 is 0 Å². The number of rotatable bonds is 6. The van der Waals surface area contributed by atoms with E-state index in [-0.39, 0.29) is 11.3 Å². The lowest BCUT2D eigenvalue weighted by Crippen LogP contribution is -2.32. The molecule has 0 unspecified atom stereocenters. The van der Waals surface area contributed by atoms with Crippen LogP contribution >= 0.6 is 0 Å². The van der Waals surface area contributed by atoms with Crippen molar-refractivity contribution in [2.75, 3.05) is 16.8 Å². The van der Waals surface area contributed by atoms with Gasteiger partial charge in [0.05, 0.1) is 17.9 Å². The smallest absolute Gasteiger partial charge is 0.282 e. The van der Waals surface area contributed by atoms with E-state index in [2.05, 4.69) is 5.32 Å². The van der Waals surface area contributed by atoms with Crippen LogP contribution in [0.4, 0.5) is 15.8 Å². The molecule has 2 amide bonds. The number of imide groups is 1. The summed E-state index contributed by atoms with van der Waals surface area (Å²) in [6, 6.07) is 21.5. The molecular formula is C24H19FN2O3. The Morgan fingerprint density at radius 2 is 1.63 bits per heavy atom. The lowest BCUT2D eigenvalue weighted by atomic mass is 10.0. The summed E-state index contributed by atoms with van der Waals surface area (Å²) in [6.45, 7) is 2.22. The van der Waals surface area contributed by atoms with Crippen molar-refractivity contribution >= 4 is 28.8 Å². The second-order valence-corrected chi connectivity index (χ2v) is 6.60. The van der Waals surface area contributed by atoms with Gasteiger partial charge in [-0.25, -0.2) is 9.29 Å². The summed E-state index contributed by atoms with van der Waals surface area (Å²) in [5.74, 6) is -1.02. The SMILES string of the molecule is CCOc1ccccc1N1C(=O)C(Nc2cccc(F)c2)=C(c2ccccc2)C1=O. The van der Waals surface area contributed by atoms with Crippen LogP contribution in [-0.2, 0) is 9.59 Å². The molecule has 0 saturated carbocycles. The number of anilines is 2. The van der Waals surface area contributed by atoms with Crippen LogP contribution in [0.15, 0.2) is 84.6 Å². The van der Waals surface area contributed by atoms with Crippen molar-refractivity contribution in [3.05, 3.63) is 95.9 Å². The minimum atomic E-state index is -0.532. The number of ether oxygens (including phenoxy) is 1. The minimum Gasteiger partial charge on any atom is -0.492 e. The Labute approximate surface area is 173 Å². The van der Waals surface area contributed by atoms with Gasteiger partial charge in [0.1, 0.15) is 17.3 Å². The molecule has 6 heteroatoms. The summed E-state index contributed by atoms with van der Waals surface area (Å²) in [7, 11) is 0. The summed E-state index contributed by atoms with van der Waals surface area (Å²) in [5, 5.41) is 2.95. The van der Waals surface area contributed by atoms with Crippen molar-refractivity contribution in [3.63, 3.8) is 0 Å². The van der Waals surface area contributed by atoms with E-state index in [9.17, 15) is 14.0 Å². The molecule has 0 spiro atoms. The zero-order valence-corrected chi connectivity index (χ0v) is 16.3. The molecule has 150 valence electrons. The highest BCUT2D eigenvalue weighted by atomic mass is 19.1. The predicted octanol–water partition coefficient (Wildman–Crippen LogP) is 4.62. The number of nitrogens with one attached hydrogen (secondary N) is 1. The van der Waals surface area contributed by atoms with Crippen LogP contribution in [0.5, 0.6) is 5.75 Å². The van der Waals surface area contributed by atoms with Gasteiger partial charge in [0, 0.05) is 5.69 Å². The Hall–Kier alpha value is -3.93. The fourth-order valence-corrected chi connectivity index (χ4v) is 3.37. The molecule has 3 aromatic rings. The maximum Gasteiger partial charge on any atom is 0.282 e. The summed E-state index contributed by atoms with van der Waals surface area (Å²) in [5.41, 5.74) is 1.63. The fourth-order valence-electron chi connectivity index (χ4n) is 3.37. The largest absolute Gasteiger partial charge is 0.492 e. The number of carbonyl (C=O) groups is 2. The van der Waals surface area contributed by atoms with E-state index in [0.29, 0.717) is 29.3 Å². The van der Waals surface area contributed by atoms with Crippen molar-refractivity contribution in [1.82, 2.24) is 0 Å². The molecule has 1 aliphatic heterocycles. The highest BCUT2D eigenvalue weighted by Gasteiger charge is 2.41. The second kappa shape index (κ2) is 8.21. The maximum absolute atomic E-state index is 13.7. The van der Waals surface area contributed by atoms with E-state index in [1.165, 1.54) is 18.2 Å². The Morgan fingerprint density at radius 3 is 2.37 bits per heavy atom. The molecule has 1 aliphatic rings. The van der Waals surface area contributed by atoms with Crippen LogP contribution in [0.25, 0.3) is 5.57 Å². The van der Waals surface area contributed by atoms with Crippen LogP contribution in [0.2, 0.25) is 0 Å². The van der Waals surface area contributed by atoms with E-state index in [0.717, 1.165) is 4.90 Å². The van der Waals surface area contributed by atoms with Crippen molar-refractivity contribution < 1.29 is 18.7 Å². The van der Waals surface area contributed by atoms with Gasteiger partial charge in [0.15, 0.2) is 0 Å². The molecule has 3 aromatic carbocycles. The first-order chi connectivity index (χ1) is 14.6. The monoisotopic (exact) mass is 402 g/mol. The van der Waals surface area contributed by atoms with Gasteiger partial charge in [-0.05, 0) is 42.8 Å². The third-order valence-electron chi connectivity index (χ3n) is 4.65. The molecule has 5 nitrogen and oxygen atoms in total. The van der Waals surface area contributed by atoms with Gasteiger partial charge in [-0.2, -0.15) is 0 Å². The Morgan fingerprint density at radius 1 is 0.900 bits per heavy atom. The van der Waals surface area contributed by atoms with Gasteiger partial charge in [-0.15, -0.1) is 0 Å². The van der Waals surface area contributed by atoms with E-state index < -0.39 is 17.6 Å². The standard InChI is InChI=1S/C24H19FN2O3/c1-2-30-20-14-7-6-13-19(20)27-23(28)21(16-9-4-3-5-10-16)22(24(27)29)26-18-12-8-11-17(25)15-18/h3-15,26H,2H2,1H3. The lowest BCUT2D eigenvalue weighted by molar-refractivity contribution is -0.120. The van der Waals surface area contributed by atoms with Gasteiger partial charge in [0.2, 0.25) is 0 Å². The number of hydrogen-bond donors (Lipinski definition) is 1. The number of para-hydroxylation sites is 2. The first-order valence-electron chi connectivity index (χ1n) is 9.53. The maximum atomic E-state index is 13.7. The minimum absolute atomic E-state index is 0.0862. The number of carbonyl (C=O) groups excluding carboxylic acids is 2. The Bertz CT molecular complexity index is 1140. The molecule has 0 bridgehead atoms. The average molecular weight is 402 g/mol. The fraction of sp³-hybridized carbons (Fsp3) is 0.0833. The number of hydrogen-bond acceptors (Lipinski definition) is 4. The second-order valence-electron chi connectivity index (χ2n) is 6.60. The number of benzene rings is 3. The normalized spacial score (nSPS) is 13.7. The third kappa shape index (κ3) is 3.55. The summed E-state index contributed by atoms with van der Waals surface area (Å²) in [4.78, 5) is 27.9. The van der Waals surface area contributed by atoms with Crippen LogP contribution in [0.3, 0.4) is 0 Å². The molecule has 1 N–H and O–H groups in total. The first-order valence-corrected chi connectivity index (χ1v) is 9.53. The van der Waals surface area contributed by atoms with Gasteiger partial charge in [-0.3, -0.25) is 9.59 Å². The quantitative estimate of drug-likeness (QED) is 0.611. The first kappa shape index (κ1) is 19.4. The molecular weight excluding hydrogens is 383 g/mol. The number of halogens is 1. The predicted molar refractivity (Wildman–Crippen MR) is 113 cm³/mol. The number of amides is 2. The van der Waals surface area contributed by atoms with E-state index in [4.69, 9.17) is 4.74 Å². The zero-order valence-electron chi connectivity index (χ0n) is 16.3. The van der Waals surface area contributed by atoms with Crippen molar-refractivity contribution in [2.45, 2.75) is 6.92 Å². The summed E-state index contributed by atoms with van der Waals surface area (Å²) >= 11 is 0. The van der Waals surface area contributed by atoms with Crippen LogP contribution < -0.4 is 15.0 Å². The van der Waals surface area contributed by atoms with E-state index >= 15 is 0 Å². The van der Waals surface area contributed by atoms with Crippen molar-refractivity contribution in [1.29, 1.82) is 0 Å². The molecule has 4 rings (SSSR count). The van der Waals surface area contributed by atoms with Gasteiger partial charge < -0.3 is 10.1 Å². The lowest BCUT2D eigenvalue weighted by Gasteiger charge is -2.19. The average Bonchev–Trinajstić information content (AvgIpc) is 2.99.